The number of allylic oxidation sites excluding steroid dienone is 3. The van der Waals surface area contributed by atoms with Gasteiger partial charge in [-0.1, -0.05) is 19.2 Å². The molecule has 0 spiro atoms. The molecule has 48 valence electrons. The van der Waals surface area contributed by atoms with E-state index in [9.17, 15) is 0 Å². The fourth-order valence-corrected chi connectivity index (χ4v) is 0.455. The molecule has 1 nitrogen and oxygen atoms in total. The Morgan fingerprint density at radius 1 is 1.33 bits per heavy atom. The van der Waals surface area contributed by atoms with Gasteiger partial charge in [0.2, 0.25) is 0 Å². The maximum Gasteiger partial charge on any atom is 0.0645 e. The molecule has 0 atom stereocenters. The number of nitrogens with zero attached hydrogens (tertiary/aromatic N) is 1. The van der Waals surface area contributed by atoms with Crippen LogP contribution in [0.15, 0.2) is 41.6 Å². The van der Waals surface area contributed by atoms with Crippen LogP contribution in [0.3, 0.4) is 0 Å². The Kier molecular flexibility index (Phi) is 3.37. The first-order valence-electron chi connectivity index (χ1n) is 2.68. The summed E-state index contributed by atoms with van der Waals surface area (Å²) in [5, 5.41) is 0. The molecular weight excluding hydrogens is 110 g/mol. The normalized spacial score (nSPS) is 11.7. The summed E-state index contributed by atoms with van der Waals surface area (Å²) < 4.78 is 0. The largest absolute Gasteiger partial charge is 0.264 e. The van der Waals surface area contributed by atoms with Crippen molar-refractivity contribution in [2.24, 2.45) is 4.99 Å². The fraction of sp³-hybridized carbons (Fsp3) is 0.125. The van der Waals surface area contributed by atoms with E-state index in [0.717, 1.165) is 11.3 Å². The predicted molar refractivity (Wildman–Crippen MR) is 42.6 cm³/mol. The predicted octanol–water partition coefficient (Wildman–Crippen LogP) is 2.33. The summed E-state index contributed by atoms with van der Waals surface area (Å²) in [7, 11) is 0. The van der Waals surface area contributed by atoms with Crippen molar-refractivity contribution in [1.29, 1.82) is 0 Å². The van der Waals surface area contributed by atoms with Gasteiger partial charge >= 0.3 is 0 Å². The molecule has 0 saturated carbocycles. The van der Waals surface area contributed by atoms with Gasteiger partial charge in [-0.05, 0) is 25.3 Å². The minimum absolute atomic E-state index is 0.796. The maximum absolute atomic E-state index is 3.72. The zero-order valence-corrected chi connectivity index (χ0v) is 5.72. The fourth-order valence-electron chi connectivity index (χ4n) is 0.455. The van der Waals surface area contributed by atoms with E-state index < -0.39 is 0 Å². The highest BCUT2D eigenvalue weighted by Crippen LogP contribution is 2.05. The van der Waals surface area contributed by atoms with Crippen LogP contribution in [-0.2, 0) is 0 Å². The van der Waals surface area contributed by atoms with Crippen LogP contribution in [0.1, 0.15) is 6.92 Å². The molecule has 0 amide bonds. The van der Waals surface area contributed by atoms with Gasteiger partial charge in [0.15, 0.2) is 0 Å². The van der Waals surface area contributed by atoms with Crippen molar-refractivity contribution in [1.82, 2.24) is 0 Å². The van der Waals surface area contributed by atoms with Crippen molar-refractivity contribution < 1.29 is 0 Å². The lowest BCUT2D eigenvalue weighted by Gasteiger charge is -1.93. The van der Waals surface area contributed by atoms with Crippen molar-refractivity contribution in [3.8, 4) is 0 Å². The van der Waals surface area contributed by atoms with Crippen LogP contribution in [0.5, 0.6) is 0 Å². The van der Waals surface area contributed by atoms with Gasteiger partial charge in [-0.3, -0.25) is 4.99 Å². The second-order valence-corrected chi connectivity index (χ2v) is 1.63. The average Bonchev–Trinajstić information content (AvgIpc) is 1.90. The molecule has 0 aromatic heterocycles. The third kappa shape index (κ3) is 2.08. The van der Waals surface area contributed by atoms with Gasteiger partial charge < -0.3 is 0 Å². The minimum atomic E-state index is 0.796. The highest BCUT2D eigenvalue weighted by Gasteiger charge is 1.87. The van der Waals surface area contributed by atoms with Crippen LogP contribution in [0.25, 0.3) is 0 Å². The first kappa shape index (κ1) is 7.89. The lowest BCUT2D eigenvalue weighted by atomic mass is 10.2. The van der Waals surface area contributed by atoms with Gasteiger partial charge in [-0.15, -0.1) is 0 Å². The number of hydrogen-bond donors (Lipinski definition) is 0. The van der Waals surface area contributed by atoms with E-state index in [1.165, 1.54) is 0 Å². The molecule has 0 radical (unpaired) electrons. The molecule has 0 aromatic carbocycles. The van der Waals surface area contributed by atoms with Crippen LogP contribution < -0.4 is 0 Å². The van der Waals surface area contributed by atoms with Crippen LogP contribution in [0, 0.1) is 0 Å². The highest BCUT2D eigenvalue weighted by atomic mass is 14.7. The monoisotopic (exact) mass is 121 g/mol. The molecular formula is C8H11N. The Bertz CT molecular complexity index is 153. The summed E-state index contributed by atoms with van der Waals surface area (Å²) in [4.78, 5) is 3.72. The lowest BCUT2D eigenvalue weighted by Crippen LogP contribution is -1.74. The Morgan fingerprint density at radius 3 is 2.00 bits per heavy atom. The van der Waals surface area contributed by atoms with E-state index in [0.29, 0.717) is 0 Å². The van der Waals surface area contributed by atoms with Gasteiger partial charge in [-0.2, -0.15) is 0 Å². The standard InChI is InChI=1S/C8H11N/c1-5-7(3)8(6-2)9-4/h5-6H,1-2,4H2,3H3/b8-7+. The third-order valence-corrected chi connectivity index (χ3v) is 1.07. The molecule has 0 fully saturated rings. The zero-order valence-electron chi connectivity index (χ0n) is 5.72. The van der Waals surface area contributed by atoms with Crippen LogP contribution in [0.4, 0.5) is 0 Å². The SMILES string of the molecule is C=C/C(C)=C(\C=C)N=C. The summed E-state index contributed by atoms with van der Waals surface area (Å²) in [6, 6.07) is 0. The highest BCUT2D eigenvalue weighted by molar-refractivity contribution is 5.37. The second kappa shape index (κ2) is 3.84. The molecule has 0 aliphatic heterocycles. The van der Waals surface area contributed by atoms with Crippen molar-refractivity contribution in [3.05, 3.63) is 36.6 Å². The number of hydrogen-bond acceptors (Lipinski definition) is 1. The zero-order chi connectivity index (χ0) is 7.28. The first-order chi connectivity index (χ1) is 4.26. The third-order valence-electron chi connectivity index (χ3n) is 1.07. The van der Waals surface area contributed by atoms with Crippen molar-refractivity contribution in [3.63, 3.8) is 0 Å². The molecule has 0 unspecified atom stereocenters. The van der Waals surface area contributed by atoms with Crippen LogP contribution >= 0.6 is 0 Å². The van der Waals surface area contributed by atoms with E-state index >= 15 is 0 Å². The summed E-state index contributed by atoms with van der Waals surface area (Å²) in [6.45, 7) is 12.4. The quantitative estimate of drug-likeness (QED) is 0.401. The van der Waals surface area contributed by atoms with Crippen LogP contribution in [0.2, 0.25) is 0 Å². The molecule has 0 aliphatic carbocycles. The summed E-state index contributed by atoms with van der Waals surface area (Å²) >= 11 is 0. The van der Waals surface area contributed by atoms with Crippen molar-refractivity contribution in [2.45, 2.75) is 6.92 Å². The molecule has 0 bridgehead atoms. The Hall–Kier alpha value is -1.11. The van der Waals surface area contributed by atoms with Gasteiger partial charge in [-0.25, -0.2) is 0 Å². The summed E-state index contributed by atoms with van der Waals surface area (Å²) in [5.74, 6) is 0. The van der Waals surface area contributed by atoms with E-state index in [-0.39, 0.29) is 0 Å². The number of rotatable bonds is 3. The molecule has 0 N–H and O–H groups in total. The van der Waals surface area contributed by atoms with Gasteiger partial charge in [0.05, 0.1) is 5.70 Å². The van der Waals surface area contributed by atoms with E-state index in [1.807, 2.05) is 6.92 Å². The average molecular weight is 121 g/mol. The van der Waals surface area contributed by atoms with Crippen molar-refractivity contribution >= 4 is 6.72 Å². The molecule has 0 aliphatic rings. The van der Waals surface area contributed by atoms with Gasteiger partial charge in [0, 0.05) is 0 Å². The minimum Gasteiger partial charge on any atom is -0.264 e. The summed E-state index contributed by atoms with van der Waals surface area (Å²) in [6.07, 6.45) is 3.38. The molecule has 1 heteroatoms. The molecule has 9 heavy (non-hydrogen) atoms. The molecule has 0 rings (SSSR count). The maximum atomic E-state index is 3.72. The van der Waals surface area contributed by atoms with E-state index in [1.54, 1.807) is 12.2 Å². The number of aliphatic imine (C=N–C) groups is 1. The van der Waals surface area contributed by atoms with Crippen LogP contribution in [-0.4, -0.2) is 6.72 Å². The van der Waals surface area contributed by atoms with Gasteiger partial charge in [0.25, 0.3) is 0 Å². The Labute approximate surface area is 56.1 Å². The molecule has 0 heterocycles. The smallest absolute Gasteiger partial charge is 0.0645 e. The van der Waals surface area contributed by atoms with E-state index in [2.05, 4.69) is 24.9 Å². The molecule has 0 aromatic rings. The topological polar surface area (TPSA) is 12.4 Å². The van der Waals surface area contributed by atoms with Crippen molar-refractivity contribution in [2.75, 3.05) is 0 Å². The first-order valence-corrected chi connectivity index (χ1v) is 2.68. The van der Waals surface area contributed by atoms with Gasteiger partial charge in [0.1, 0.15) is 0 Å². The Balaban J connectivity index is 4.56. The lowest BCUT2D eigenvalue weighted by molar-refractivity contribution is 1.34. The summed E-state index contributed by atoms with van der Waals surface area (Å²) in [5.41, 5.74) is 1.80. The van der Waals surface area contributed by atoms with E-state index in [4.69, 9.17) is 0 Å². The Morgan fingerprint density at radius 2 is 1.89 bits per heavy atom. The molecule has 0 saturated heterocycles. The second-order valence-electron chi connectivity index (χ2n) is 1.63.